The van der Waals surface area contributed by atoms with E-state index >= 15 is 0 Å². The van der Waals surface area contributed by atoms with Gasteiger partial charge in [0.15, 0.2) is 11.5 Å². The van der Waals surface area contributed by atoms with Crippen molar-refractivity contribution in [2.75, 3.05) is 7.11 Å². The van der Waals surface area contributed by atoms with Crippen molar-refractivity contribution in [2.24, 2.45) is 0 Å². The van der Waals surface area contributed by atoms with Gasteiger partial charge < -0.3 is 4.74 Å². The van der Waals surface area contributed by atoms with Crippen molar-refractivity contribution in [3.63, 3.8) is 0 Å². The zero-order valence-corrected chi connectivity index (χ0v) is 13.8. The first kappa shape index (κ1) is 16.0. The molecule has 0 unspecified atom stereocenters. The molecule has 2 rings (SSSR count). The molecule has 21 heavy (non-hydrogen) atoms. The molecule has 0 aliphatic rings. The van der Waals surface area contributed by atoms with Crippen molar-refractivity contribution < 1.29 is 14.3 Å². The van der Waals surface area contributed by atoms with E-state index in [0.29, 0.717) is 20.7 Å². The number of halogens is 1. The van der Waals surface area contributed by atoms with Crippen LogP contribution in [0.5, 0.6) is 0 Å². The second-order valence-electron chi connectivity index (χ2n) is 4.08. The van der Waals surface area contributed by atoms with Crippen LogP contribution in [0.1, 0.15) is 32.1 Å². The molecule has 0 radical (unpaired) electrons. The van der Waals surface area contributed by atoms with Crippen LogP contribution in [0.25, 0.3) is 0 Å². The Labute approximate surface area is 135 Å². The van der Waals surface area contributed by atoms with Crippen molar-refractivity contribution in [3.05, 3.63) is 44.9 Å². The SMILES string of the molecule is COC(=O)c1nc(CSc2cccc(Cl)c2)sc1C(C)=O. The Balaban J connectivity index is 2.17. The number of ketones is 1. The number of carbonyl (C=O) groups is 2. The Hall–Kier alpha value is -1.37. The summed E-state index contributed by atoms with van der Waals surface area (Å²) in [4.78, 5) is 28.7. The van der Waals surface area contributed by atoms with Gasteiger partial charge in [0.25, 0.3) is 0 Å². The van der Waals surface area contributed by atoms with Gasteiger partial charge in [-0.2, -0.15) is 0 Å². The third kappa shape index (κ3) is 4.06. The fraction of sp³-hybridized carbons (Fsp3) is 0.214. The zero-order valence-electron chi connectivity index (χ0n) is 11.4. The smallest absolute Gasteiger partial charge is 0.358 e. The first-order chi connectivity index (χ1) is 10.0. The van der Waals surface area contributed by atoms with Crippen LogP contribution in [0.2, 0.25) is 5.02 Å². The summed E-state index contributed by atoms with van der Waals surface area (Å²) in [7, 11) is 1.27. The molecule has 0 fully saturated rings. The van der Waals surface area contributed by atoms with E-state index in [1.54, 1.807) is 17.8 Å². The lowest BCUT2D eigenvalue weighted by Gasteiger charge is -1.99. The van der Waals surface area contributed by atoms with Gasteiger partial charge in [-0.05, 0) is 18.2 Å². The second kappa shape index (κ2) is 7.06. The predicted octanol–water partition coefficient (Wildman–Crippen LogP) is 4.08. The van der Waals surface area contributed by atoms with E-state index < -0.39 is 5.97 Å². The van der Waals surface area contributed by atoms with Crippen LogP contribution >= 0.6 is 34.7 Å². The van der Waals surface area contributed by atoms with Crippen LogP contribution in [-0.2, 0) is 10.5 Å². The number of ether oxygens (including phenoxy) is 1. The van der Waals surface area contributed by atoms with Gasteiger partial charge in [-0.3, -0.25) is 4.79 Å². The normalized spacial score (nSPS) is 10.4. The minimum absolute atomic E-state index is 0.0942. The van der Waals surface area contributed by atoms with Crippen LogP contribution in [0.3, 0.4) is 0 Å². The molecule has 0 saturated heterocycles. The van der Waals surface area contributed by atoms with Gasteiger partial charge in [-0.15, -0.1) is 23.1 Å². The summed E-state index contributed by atoms with van der Waals surface area (Å²) in [6.07, 6.45) is 0. The van der Waals surface area contributed by atoms with Crippen LogP contribution in [0.4, 0.5) is 0 Å². The Bertz CT molecular complexity index is 685. The molecule has 0 saturated carbocycles. The molecule has 1 heterocycles. The van der Waals surface area contributed by atoms with E-state index in [9.17, 15) is 9.59 Å². The minimum atomic E-state index is -0.588. The van der Waals surface area contributed by atoms with Gasteiger partial charge in [0.1, 0.15) is 9.88 Å². The number of nitrogens with zero attached hydrogens (tertiary/aromatic N) is 1. The number of aromatic nitrogens is 1. The fourth-order valence-electron chi connectivity index (χ4n) is 1.60. The van der Waals surface area contributed by atoms with Gasteiger partial charge in [-0.1, -0.05) is 17.7 Å². The number of carbonyl (C=O) groups excluding carboxylic acids is 2. The summed E-state index contributed by atoms with van der Waals surface area (Å²) in [6, 6.07) is 7.47. The number of rotatable bonds is 5. The maximum atomic E-state index is 11.6. The van der Waals surface area contributed by atoms with Crippen LogP contribution in [-0.4, -0.2) is 23.8 Å². The van der Waals surface area contributed by atoms with E-state index in [-0.39, 0.29) is 11.5 Å². The lowest BCUT2D eigenvalue weighted by Crippen LogP contribution is -2.07. The maximum Gasteiger partial charge on any atom is 0.358 e. The first-order valence-electron chi connectivity index (χ1n) is 5.98. The van der Waals surface area contributed by atoms with E-state index in [0.717, 1.165) is 4.90 Å². The number of thioether (sulfide) groups is 1. The van der Waals surface area contributed by atoms with E-state index in [1.165, 1.54) is 25.4 Å². The average molecular weight is 342 g/mol. The van der Waals surface area contributed by atoms with Crippen molar-refractivity contribution in [1.29, 1.82) is 0 Å². The van der Waals surface area contributed by atoms with Crippen molar-refractivity contribution >= 4 is 46.5 Å². The van der Waals surface area contributed by atoms with Gasteiger partial charge in [-0.25, -0.2) is 9.78 Å². The minimum Gasteiger partial charge on any atom is -0.464 e. The summed E-state index contributed by atoms with van der Waals surface area (Å²) in [6.45, 7) is 1.41. The molecule has 0 atom stereocenters. The van der Waals surface area contributed by atoms with Crippen LogP contribution in [0.15, 0.2) is 29.2 Å². The third-order valence-electron chi connectivity index (χ3n) is 2.53. The average Bonchev–Trinajstić information content (AvgIpc) is 2.89. The van der Waals surface area contributed by atoms with Crippen molar-refractivity contribution in [3.8, 4) is 0 Å². The number of thiazole rings is 1. The number of hydrogen-bond donors (Lipinski definition) is 0. The zero-order chi connectivity index (χ0) is 15.4. The van der Waals surface area contributed by atoms with E-state index in [2.05, 4.69) is 9.72 Å². The third-order valence-corrected chi connectivity index (χ3v) is 5.11. The number of methoxy groups -OCH3 is 1. The molecule has 0 aliphatic carbocycles. The summed E-state index contributed by atoms with van der Waals surface area (Å²) < 4.78 is 4.65. The van der Waals surface area contributed by atoms with Crippen LogP contribution < -0.4 is 0 Å². The number of benzene rings is 1. The molecular weight excluding hydrogens is 330 g/mol. The topological polar surface area (TPSA) is 56.3 Å². The number of hydrogen-bond acceptors (Lipinski definition) is 6. The highest BCUT2D eigenvalue weighted by Gasteiger charge is 2.21. The molecule has 1 aromatic heterocycles. The first-order valence-corrected chi connectivity index (χ1v) is 8.16. The molecule has 0 amide bonds. The molecular formula is C14H12ClNO3S2. The Morgan fingerprint density at radius 2 is 2.19 bits per heavy atom. The molecule has 4 nitrogen and oxygen atoms in total. The van der Waals surface area contributed by atoms with E-state index in [4.69, 9.17) is 11.6 Å². The number of esters is 1. The quantitative estimate of drug-likeness (QED) is 0.466. The molecule has 0 spiro atoms. The lowest BCUT2D eigenvalue weighted by molar-refractivity contribution is 0.0591. The fourth-order valence-corrected chi connectivity index (χ4v) is 3.75. The summed E-state index contributed by atoms with van der Waals surface area (Å²) >= 11 is 8.69. The Kier molecular flexibility index (Phi) is 5.39. The second-order valence-corrected chi connectivity index (χ2v) is 6.65. The highest BCUT2D eigenvalue weighted by Crippen LogP contribution is 2.29. The molecule has 0 bridgehead atoms. The van der Waals surface area contributed by atoms with E-state index in [1.807, 2.05) is 18.2 Å². The monoisotopic (exact) mass is 341 g/mol. The number of Topliss-reactive ketones (excluding diaryl/α,β-unsaturated/α-hetero) is 1. The van der Waals surface area contributed by atoms with Crippen molar-refractivity contribution in [2.45, 2.75) is 17.6 Å². The standard InChI is InChI=1S/C14H12ClNO3S2/c1-8(17)13-12(14(18)19-2)16-11(21-13)7-20-10-5-3-4-9(15)6-10/h3-6H,7H2,1-2H3. The predicted molar refractivity (Wildman–Crippen MR) is 84.5 cm³/mol. The van der Waals surface area contributed by atoms with Crippen LogP contribution in [0, 0.1) is 0 Å². The summed E-state index contributed by atoms with van der Waals surface area (Å²) in [5, 5.41) is 1.37. The van der Waals surface area contributed by atoms with Gasteiger partial charge in [0, 0.05) is 16.8 Å². The summed E-state index contributed by atoms with van der Waals surface area (Å²) in [5.74, 6) is -0.218. The lowest BCUT2D eigenvalue weighted by atomic mass is 10.3. The highest BCUT2D eigenvalue weighted by molar-refractivity contribution is 7.98. The molecule has 1 aromatic carbocycles. The summed E-state index contributed by atoms with van der Waals surface area (Å²) in [5.41, 5.74) is 0.0942. The Morgan fingerprint density at radius 3 is 2.81 bits per heavy atom. The van der Waals surface area contributed by atoms with Gasteiger partial charge in [0.2, 0.25) is 0 Å². The molecule has 0 aliphatic heterocycles. The largest absolute Gasteiger partial charge is 0.464 e. The van der Waals surface area contributed by atoms with Gasteiger partial charge >= 0.3 is 5.97 Å². The molecule has 0 N–H and O–H groups in total. The highest BCUT2D eigenvalue weighted by atomic mass is 35.5. The van der Waals surface area contributed by atoms with Gasteiger partial charge in [0.05, 0.1) is 12.9 Å². The Morgan fingerprint density at radius 1 is 1.43 bits per heavy atom. The maximum absolute atomic E-state index is 11.6. The molecule has 110 valence electrons. The van der Waals surface area contributed by atoms with Crippen molar-refractivity contribution in [1.82, 2.24) is 4.98 Å². The molecule has 7 heteroatoms. The molecule has 2 aromatic rings.